The average molecular weight is 361 g/mol. The van der Waals surface area contributed by atoms with Crippen molar-refractivity contribution in [2.45, 2.75) is 39.2 Å². The Labute approximate surface area is 129 Å². The van der Waals surface area contributed by atoms with Gasteiger partial charge in [-0.1, -0.05) is 12.5 Å². The van der Waals surface area contributed by atoms with Gasteiger partial charge in [0.05, 0.1) is 11.4 Å². The van der Waals surface area contributed by atoms with Crippen molar-refractivity contribution in [2.24, 2.45) is 0 Å². The van der Waals surface area contributed by atoms with E-state index in [0.29, 0.717) is 5.69 Å². The van der Waals surface area contributed by atoms with Gasteiger partial charge in [0.1, 0.15) is 0 Å². The average Bonchev–Trinajstić information content (AvgIpc) is 2.34. The van der Waals surface area contributed by atoms with Crippen LogP contribution in [0.5, 0.6) is 0 Å². The number of halogens is 1. The molecule has 1 aliphatic heterocycles. The van der Waals surface area contributed by atoms with E-state index < -0.39 is 10.0 Å². The molecule has 4 nitrogen and oxygen atoms in total. The molecule has 2 N–H and O–H groups in total. The molecule has 1 saturated heterocycles. The predicted octanol–water partition coefficient (Wildman–Crippen LogP) is 2.95. The number of anilines is 1. The van der Waals surface area contributed by atoms with Crippen LogP contribution in [0.1, 0.15) is 30.4 Å². The molecular weight excluding hydrogens is 340 g/mol. The Morgan fingerprint density at radius 1 is 1.35 bits per heavy atom. The normalized spacial score (nSPS) is 19.9. The van der Waals surface area contributed by atoms with Gasteiger partial charge in [-0.15, -0.1) is 0 Å². The first-order valence-corrected chi connectivity index (χ1v) is 9.32. The summed E-state index contributed by atoms with van der Waals surface area (Å²) in [6.07, 6.45) is 3.15. The number of sulfonamides is 1. The van der Waals surface area contributed by atoms with Crippen molar-refractivity contribution in [3.63, 3.8) is 0 Å². The molecule has 0 radical (unpaired) electrons. The maximum atomic E-state index is 12.3. The van der Waals surface area contributed by atoms with Crippen LogP contribution in [0.4, 0.5) is 5.69 Å². The molecule has 0 aromatic heterocycles. The maximum absolute atomic E-state index is 12.3. The molecule has 0 spiro atoms. The summed E-state index contributed by atoms with van der Waals surface area (Å²) in [5, 5.41) is 3.27. The molecule has 0 saturated carbocycles. The standard InChI is InChI=1S/C14H21BrN2O2S/c1-10-7-11(2)14(13(15)8-10)17-20(18,19)9-12-5-3-4-6-16-12/h7-8,12,16-17H,3-6,9H2,1-2H3. The van der Waals surface area contributed by atoms with E-state index in [-0.39, 0.29) is 11.8 Å². The lowest BCUT2D eigenvalue weighted by molar-refractivity contribution is 0.424. The quantitative estimate of drug-likeness (QED) is 0.867. The minimum absolute atomic E-state index is 0.0609. The van der Waals surface area contributed by atoms with Gasteiger partial charge in [0.25, 0.3) is 0 Å². The highest BCUT2D eigenvalue weighted by atomic mass is 79.9. The Bertz CT molecular complexity index is 558. The number of hydrogen-bond acceptors (Lipinski definition) is 3. The van der Waals surface area contributed by atoms with Crippen molar-refractivity contribution in [1.82, 2.24) is 5.32 Å². The van der Waals surface area contributed by atoms with Gasteiger partial charge in [0, 0.05) is 10.5 Å². The molecule has 112 valence electrons. The molecule has 0 aliphatic carbocycles. The van der Waals surface area contributed by atoms with Crippen LogP contribution in [0.15, 0.2) is 16.6 Å². The third kappa shape index (κ3) is 4.20. The fourth-order valence-electron chi connectivity index (χ4n) is 2.57. The number of benzene rings is 1. The van der Waals surface area contributed by atoms with E-state index in [1.807, 2.05) is 26.0 Å². The molecule has 1 atom stereocenters. The number of rotatable bonds is 4. The number of hydrogen-bond donors (Lipinski definition) is 2. The molecule has 1 fully saturated rings. The molecule has 1 aromatic carbocycles. The fourth-order valence-corrected chi connectivity index (χ4v) is 4.96. The Morgan fingerprint density at radius 2 is 2.10 bits per heavy atom. The SMILES string of the molecule is Cc1cc(C)c(NS(=O)(=O)CC2CCCCN2)c(Br)c1. The Kier molecular flexibility index (Phi) is 5.09. The molecule has 1 aliphatic rings. The van der Waals surface area contributed by atoms with Crippen molar-refractivity contribution in [2.75, 3.05) is 17.0 Å². The molecule has 1 aromatic rings. The topological polar surface area (TPSA) is 58.2 Å². The van der Waals surface area contributed by atoms with E-state index >= 15 is 0 Å². The molecule has 20 heavy (non-hydrogen) atoms. The monoisotopic (exact) mass is 360 g/mol. The summed E-state index contributed by atoms with van der Waals surface area (Å²) >= 11 is 3.43. The molecule has 2 rings (SSSR count). The minimum Gasteiger partial charge on any atom is -0.313 e. The smallest absolute Gasteiger partial charge is 0.234 e. The second-order valence-corrected chi connectivity index (χ2v) is 8.09. The van der Waals surface area contributed by atoms with Crippen LogP contribution in [0.25, 0.3) is 0 Å². The molecular formula is C14H21BrN2O2S. The zero-order valence-electron chi connectivity index (χ0n) is 11.9. The lowest BCUT2D eigenvalue weighted by Crippen LogP contribution is -2.40. The summed E-state index contributed by atoms with van der Waals surface area (Å²) in [5.41, 5.74) is 2.68. The second kappa shape index (κ2) is 6.45. The number of aryl methyl sites for hydroxylation is 2. The van der Waals surface area contributed by atoms with E-state index in [4.69, 9.17) is 0 Å². The van der Waals surface area contributed by atoms with E-state index in [1.165, 1.54) is 0 Å². The lowest BCUT2D eigenvalue weighted by Gasteiger charge is -2.23. The van der Waals surface area contributed by atoms with Crippen LogP contribution in [0.3, 0.4) is 0 Å². The van der Waals surface area contributed by atoms with Gasteiger partial charge in [-0.25, -0.2) is 8.42 Å². The predicted molar refractivity (Wildman–Crippen MR) is 86.7 cm³/mol. The van der Waals surface area contributed by atoms with Crippen molar-refractivity contribution in [1.29, 1.82) is 0 Å². The van der Waals surface area contributed by atoms with Crippen LogP contribution in [-0.2, 0) is 10.0 Å². The van der Waals surface area contributed by atoms with Gasteiger partial charge in [0.2, 0.25) is 10.0 Å². The summed E-state index contributed by atoms with van der Waals surface area (Å²) in [6, 6.07) is 3.95. The largest absolute Gasteiger partial charge is 0.313 e. The summed E-state index contributed by atoms with van der Waals surface area (Å²) in [6.45, 7) is 4.81. The van der Waals surface area contributed by atoms with Crippen LogP contribution >= 0.6 is 15.9 Å². The summed E-state index contributed by atoms with van der Waals surface area (Å²) in [5.74, 6) is 0.132. The second-order valence-electron chi connectivity index (χ2n) is 5.47. The number of nitrogens with one attached hydrogen (secondary N) is 2. The summed E-state index contributed by atoms with van der Waals surface area (Å²) in [7, 11) is -3.33. The van der Waals surface area contributed by atoms with E-state index in [0.717, 1.165) is 41.4 Å². The fraction of sp³-hybridized carbons (Fsp3) is 0.571. The van der Waals surface area contributed by atoms with Gasteiger partial charge in [-0.3, -0.25) is 4.72 Å². The Morgan fingerprint density at radius 3 is 2.70 bits per heavy atom. The summed E-state index contributed by atoms with van der Waals surface area (Å²) < 4.78 is 28.1. The van der Waals surface area contributed by atoms with E-state index in [9.17, 15) is 8.42 Å². The van der Waals surface area contributed by atoms with Crippen LogP contribution in [0, 0.1) is 13.8 Å². The molecule has 6 heteroatoms. The lowest BCUT2D eigenvalue weighted by atomic mass is 10.1. The molecule has 0 amide bonds. The van der Waals surface area contributed by atoms with Crippen molar-refractivity contribution < 1.29 is 8.42 Å². The maximum Gasteiger partial charge on any atom is 0.234 e. The highest BCUT2D eigenvalue weighted by Gasteiger charge is 2.22. The Hall–Kier alpha value is -0.590. The van der Waals surface area contributed by atoms with Crippen LogP contribution in [-0.4, -0.2) is 26.8 Å². The van der Waals surface area contributed by atoms with Gasteiger partial charge in [-0.05, 0) is 66.4 Å². The van der Waals surface area contributed by atoms with Gasteiger partial charge in [0.15, 0.2) is 0 Å². The van der Waals surface area contributed by atoms with Crippen LogP contribution in [0.2, 0.25) is 0 Å². The zero-order valence-corrected chi connectivity index (χ0v) is 14.3. The first-order chi connectivity index (χ1) is 9.37. The van der Waals surface area contributed by atoms with Crippen molar-refractivity contribution in [3.05, 3.63) is 27.7 Å². The molecule has 0 bridgehead atoms. The third-order valence-electron chi connectivity index (χ3n) is 3.52. The highest BCUT2D eigenvalue weighted by molar-refractivity contribution is 9.10. The molecule has 1 unspecified atom stereocenters. The van der Waals surface area contributed by atoms with Gasteiger partial charge >= 0.3 is 0 Å². The first-order valence-electron chi connectivity index (χ1n) is 6.88. The summed E-state index contributed by atoms with van der Waals surface area (Å²) in [4.78, 5) is 0. The van der Waals surface area contributed by atoms with Crippen molar-refractivity contribution >= 4 is 31.6 Å². The Balaban J connectivity index is 2.11. The van der Waals surface area contributed by atoms with Gasteiger partial charge in [-0.2, -0.15) is 0 Å². The minimum atomic E-state index is -3.33. The molecule has 1 heterocycles. The third-order valence-corrected chi connectivity index (χ3v) is 5.50. The number of piperidine rings is 1. The first kappa shape index (κ1) is 15.8. The van der Waals surface area contributed by atoms with E-state index in [2.05, 4.69) is 26.0 Å². The highest BCUT2D eigenvalue weighted by Crippen LogP contribution is 2.28. The van der Waals surface area contributed by atoms with Gasteiger partial charge < -0.3 is 5.32 Å². The van der Waals surface area contributed by atoms with Crippen molar-refractivity contribution in [3.8, 4) is 0 Å². The van der Waals surface area contributed by atoms with E-state index in [1.54, 1.807) is 0 Å². The zero-order chi connectivity index (χ0) is 14.8. The van der Waals surface area contributed by atoms with Crippen LogP contribution < -0.4 is 10.0 Å².